The Bertz CT molecular complexity index is 1150. The van der Waals surface area contributed by atoms with Crippen LogP contribution in [-0.4, -0.2) is 49.4 Å². The second kappa shape index (κ2) is 8.32. The van der Waals surface area contributed by atoms with Crippen LogP contribution < -0.4 is 16.0 Å². The molecular weight excluding hydrogens is 408 g/mol. The molecule has 2 aliphatic heterocycles. The lowest BCUT2D eigenvalue weighted by atomic mass is 9.99. The summed E-state index contributed by atoms with van der Waals surface area (Å²) in [6.45, 7) is 4.94. The summed E-state index contributed by atoms with van der Waals surface area (Å²) in [7, 11) is 0. The first-order chi connectivity index (χ1) is 15.1. The number of hydrogen-bond donors (Lipinski definition) is 2. The minimum atomic E-state index is -0.362. The van der Waals surface area contributed by atoms with Gasteiger partial charge in [-0.05, 0) is 48.2 Å². The highest BCUT2D eigenvalue weighted by molar-refractivity contribution is 7.20. The number of nitrogens with two attached hydrogens (primary N) is 1. The topological polar surface area (TPSA) is 78.7 Å². The van der Waals surface area contributed by atoms with E-state index in [1.54, 1.807) is 0 Å². The van der Waals surface area contributed by atoms with Crippen LogP contribution in [0.1, 0.15) is 27.2 Å². The Labute approximate surface area is 185 Å². The zero-order valence-corrected chi connectivity index (χ0v) is 18.2. The number of thiophene rings is 1. The number of fused-ring (bicyclic) bond motifs is 2. The molecule has 5 rings (SSSR count). The van der Waals surface area contributed by atoms with Crippen molar-refractivity contribution in [3.8, 4) is 0 Å². The highest BCUT2D eigenvalue weighted by Gasteiger charge is 2.20. The number of rotatable bonds is 5. The normalized spacial score (nSPS) is 16.9. The maximum Gasteiger partial charge on any atom is 0.258 e. The quantitative estimate of drug-likeness (QED) is 0.646. The van der Waals surface area contributed by atoms with E-state index in [-0.39, 0.29) is 11.8 Å². The highest BCUT2D eigenvalue weighted by atomic mass is 32.1. The Balaban J connectivity index is 1.21. The van der Waals surface area contributed by atoms with Gasteiger partial charge >= 0.3 is 0 Å². The summed E-state index contributed by atoms with van der Waals surface area (Å²) in [4.78, 5) is 28.8. The van der Waals surface area contributed by atoms with Gasteiger partial charge in [0, 0.05) is 60.6 Å². The van der Waals surface area contributed by atoms with Crippen LogP contribution in [0.5, 0.6) is 0 Å². The summed E-state index contributed by atoms with van der Waals surface area (Å²) in [6, 6.07) is 14.7. The number of nitrogens with one attached hydrogen (secondary N) is 1. The molecule has 0 radical (unpaired) electrons. The second-order valence-electron chi connectivity index (χ2n) is 8.28. The first-order valence-corrected chi connectivity index (χ1v) is 11.6. The number of carbonyl (C=O) groups is 2. The fourth-order valence-electron chi connectivity index (χ4n) is 4.52. The minimum absolute atomic E-state index is 0.115. The number of carbonyl (C=O) groups excluding carboxylic acids is 2. The molecule has 3 heterocycles. The Morgan fingerprint density at radius 1 is 1.06 bits per heavy atom. The monoisotopic (exact) mass is 434 g/mol. The summed E-state index contributed by atoms with van der Waals surface area (Å²) in [5.74, 6) is -0.247. The van der Waals surface area contributed by atoms with Crippen molar-refractivity contribution in [3.05, 3.63) is 58.5 Å². The van der Waals surface area contributed by atoms with E-state index >= 15 is 0 Å². The van der Waals surface area contributed by atoms with E-state index in [9.17, 15) is 9.59 Å². The van der Waals surface area contributed by atoms with E-state index < -0.39 is 0 Å². The van der Waals surface area contributed by atoms with Crippen LogP contribution in [0.3, 0.4) is 0 Å². The third kappa shape index (κ3) is 4.16. The molecule has 1 fully saturated rings. The van der Waals surface area contributed by atoms with Gasteiger partial charge in [0.25, 0.3) is 5.91 Å². The van der Waals surface area contributed by atoms with Gasteiger partial charge in [0.2, 0.25) is 5.91 Å². The SMILES string of the molecule is NC(=O)c1cc2c(N3CCN(CCc4ccc5c(c4)NC(=O)CC5)CC3)cccc2s1. The van der Waals surface area contributed by atoms with E-state index in [1.165, 1.54) is 28.2 Å². The fourth-order valence-corrected chi connectivity index (χ4v) is 5.45. The van der Waals surface area contributed by atoms with Crippen molar-refractivity contribution in [2.24, 2.45) is 5.73 Å². The van der Waals surface area contributed by atoms with Crippen molar-refractivity contribution < 1.29 is 9.59 Å². The van der Waals surface area contributed by atoms with Crippen LogP contribution in [0.4, 0.5) is 11.4 Å². The van der Waals surface area contributed by atoms with E-state index in [1.807, 2.05) is 12.1 Å². The first-order valence-electron chi connectivity index (χ1n) is 10.8. The van der Waals surface area contributed by atoms with Crippen molar-refractivity contribution in [2.45, 2.75) is 19.3 Å². The molecule has 2 aromatic carbocycles. The molecule has 0 spiro atoms. The summed E-state index contributed by atoms with van der Waals surface area (Å²) < 4.78 is 1.10. The molecule has 2 amide bonds. The summed E-state index contributed by atoms with van der Waals surface area (Å²) in [5, 5.41) is 4.11. The molecular formula is C24H26N4O2S. The van der Waals surface area contributed by atoms with Gasteiger partial charge in [-0.2, -0.15) is 0 Å². The predicted molar refractivity (Wildman–Crippen MR) is 126 cm³/mol. The summed E-state index contributed by atoms with van der Waals surface area (Å²) in [6.07, 6.45) is 2.39. The third-order valence-electron chi connectivity index (χ3n) is 6.28. The van der Waals surface area contributed by atoms with Gasteiger partial charge in [-0.15, -0.1) is 11.3 Å². The Morgan fingerprint density at radius 3 is 2.71 bits per heavy atom. The lowest BCUT2D eigenvalue weighted by Crippen LogP contribution is -2.47. The van der Waals surface area contributed by atoms with Crippen molar-refractivity contribution in [1.29, 1.82) is 0 Å². The van der Waals surface area contributed by atoms with E-state index in [0.717, 1.165) is 61.3 Å². The van der Waals surface area contributed by atoms with Gasteiger partial charge < -0.3 is 16.0 Å². The Morgan fingerprint density at radius 2 is 1.90 bits per heavy atom. The second-order valence-corrected chi connectivity index (χ2v) is 9.37. The molecule has 160 valence electrons. The molecule has 0 aliphatic carbocycles. The minimum Gasteiger partial charge on any atom is -0.368 e. The summed E-state index contributed by atoms with van der Waals surface area (Å²) in [5.41, 5.74) is 10.2. The number of aryl methyl sites for hydroxylation is 1. The van der Waals surface area contributed by atoms with Crippen LogP contribution in [0, 0.1) is 0 Å². The molecule has 3 aromatic rings. The lowest BCUT2D eigenvalue weighted by molar-refractivity contribution is -0.116. The molecule has 0 atom stereocenters. The average Bonchev–Trinajstić information content (AvgIpc) is 3.23. The molecule has 6 nitrogen and oxygen atoms in total. The largest absolute Gasteiger partial charge is 0.368 e. The van der Waals surface area contributed by atoms with Crippen molar-refractivity contribution >= 4 is 44.6 Å². The van der Waals surface area contributed by atoms with Gasteiger partial charge in [-0.1, -0.05) is 18.2 Å². The van der Waals surface area contributed by atoms with E-state index in [0.29, 0.717) is 11.3 Å². The van der Waals surface area contributed by atoms with Crippen molar-refractivity contribution in [2.75, 3.05) is 42.9 Å². The molecule has 1 aromatic heterocycles. The van der Waals surface area contributed by atoms with Crippen LogP contribution in [-0.2, 0) is 17.6 Å². The smallest absolute Gasteiger partial charge is 0.258 e. The number of piperazine rings is 1. The van der Waals surface area contributed by atoms with E-state index in [4.69, 9.17) is 5.73 Å². The standard InChI is InChI=1S/C24H26N4O2S/c25-24(30)22-15-18-20(2-1-3-21(18)31-22)28-12-10-27(11-13-28)9-8-16-4-5-17-6-7-23(29)26-19(17)14-16/h1-5,14-15H,6-13H2,(H2,25,30)(H,26,29). The number of hydrogen-bond acceptors (Lipinski definition) is 5. The number of nitrogens with zero attached hydrogens (tertiary/aromatic N) is 2. The molecule has 31 heavy (non-hydrogen) atoms. The number of amides is 2. The molecule has 3 N–H and O–H groups in total. The Hall–Kier alpha value is -2.90. The molecule has 1 saturated heterocycles. The predicted octanol–water partition coefficient (Wildman–Crippen LogP) is 3.25. The van der Waals surface area contributed by atoms with E-state index in [2.05, 4.69) is 45.4 Å². The maximum absolute atomic E-state index is 11.7. The summed E-state index contributed by atoms with van der Waals surface area (Å²) >= 11 is 1.46. The lowest BCUT2D eigenvalue weighted by Gasteiger charge is -2.36. The molecule has 0 unspecified atom stereocenters. The first kappa shape index (κ1) is 20.0. The fraction of sp³-hybridized carbons (Fsp3) is 0.333. The maximum atomic E-state index is 11.7. The van der Waals surface area contributed by atoms with Crippen molar-refractivity contribution in [3.63, 3.8) is 0 Å². The average molecular weight is 435 g/mol. The molecule has 0 bridgehead atoms. The van der Waals surface area contributed by atoms with Crippen LogP contribution >= 0.6 is 11.3 Å². The molecule has 7 heteroatoms. The zero-order chi connectivity index (χ0) is 21.4. The van der Waals surface area contributed by atoms with Crippen molar-refractivity contribution in [1.82, 2.24) is 4.90 Å². The van der Waals surface area contributed by atoms with Crippen LogP contribution in [0.15, 0.2) is 42.5 Å². The Kier molecular flexibility index (Phi) is 5.38. The van der Waals surface area contributed by atoms with Gasteiger partial charge in [-0.3, -0.25) is 14.5 Å². The number of anilines is 2. The number of benzene rings is 2. The molecule has 0 saturated carbocycles. The van der Waals surface area contributed by atoms with Crippen LogP contribution in [0.25, 0.3) is 10.1 Å². The third-order valence-corrected chi connectivity index (χ3v) is 7.40. The molecule has 2 aliphatic rings. The van der Waals surface area contributed by atoms with Gasteiger partial charge in [0.05, 0.1) is 4.88 Å². The van der Waals surface area contributed by atoms with Gasteiger partial charge in [0.1, 0.15) is 0 Å². The zero-order valence-electron chi connectivity index (χ0n) is 17.4. The number of primary amides is 1. The van der Waals surface area contributed by atoms with Gasteiger partial charge in [0.15, 0.2) is 0 Å². The van der Waals surface area contributed by atoms with Crippen LogP contribution in [0.2, 0.25) is 0 Å². The van der Waals surface area contributed by atoms with Gasteiger partial charge in [-0.25, -0.2) is 0 Å². The highest BCUT2D eigenvalue weighted by Crippen LogP contribution is 2.33.